The zero-order chi connectivity index (χ0) is 22.0. The Morgan fingerprint density at radius 3 is 2.55 bits per heavy atom. The van der Waals surface area contributed by atoms with E-state index in [4.69, 9.17) is 5.73 Å². The van der Waals surface area contributed by atoms with Crippen molar-refractivity contribution < 1.29 is 9.59 Å². The summed E-state index contributed by atoms with van der Waals surface area (Å²) < 4.78 is 1.94. The van der Waals surface area contributed by atoms with Crippen LogP contribution in [0.5, 0.6) is 0 Å². The molecule has 2 heterocycles. The molecule has 1 aliphatic heterocycles. The van der Waals surface area contributed by atoms with Gasteiger partial charge in [-0.2, -0.15) is 0 Å². The van der Waals surface area contributed by atoms with Gasteiger partial charge in [0.25, 0.3) is 5.91 Å². The monoisotopic (exact) mass is 417 g/mol. The Labute approximate surface area is 182 Å². The van der Waals surface area contributed by atoms with Gasteiger partial charge in [0.1, 0.15) is 6.04 Å². The fraction of sp³-hybridized carbons (Fsp3) is 0.292. The Morgan fingerprint density at radius 2 is 1.90 bits per heavy atom. The highest BCUT2D eigenvalue weighted by Gasteiger charge is 2.47. The molecule has 7 nitrogen and oxygen atoms in total. The summed E-state index contributed by atoms with van der Waals surface area (Å²) in [5, 5.41) is 0. The maximum absolute atomic E-state index is 13.7. The first-order chi connectivity index (χ1) is 15.0. The second-order valence-electron chi connectivity index (χ2n) is 8.19. The number of imidazole rings is 1. The number of rotatable bonds is 6. The van der Waals surface area contributed by atoms with Gasteiger partial charge in [-0.1, -0.05) is 42.5 Å². The van der Waals surface area contributed by atoms with Crippen molar-refractivity contribution in [2.24, 2.45) is 5.73 Å². The number of likely N-dealkylation sites (tertiary alicyclic amines) is 1. The van der Waals surface area contributed by atoms with E-state index in [1.54, 1.807) is 23.5 Å². The summed E-state index contributed by atoms with van der Waals surface area (Å²) in [6.45, 7) is 0.614. The average molecular weight is 418 g/mol. The number of benzene rings is 2. The molecule has 0 bridgehead atoms. The van der Waals surface area contributed by atoms with Gasteiger partial charge in [-0.25, -0.2) is 4.98 Å². The number of carbonyl (C=O) groups excluding carboxylic acids is 2. The molecule has 1 aromatic heterocycles. The minimum atomic E-state index is -0.664. The second-order valence-corrected chi connectivity index (χ2v) is 8.19. The quantitative estimate of drug-likeness (QED) is 0.667. The smallest absolute Gasteiger partial charge is 0.255 e. The number of hydrogen-bond acceptors (Lipinski definition) is 4. The van der Waals surface area contributed by atoms with Gasteiger partial charge in [-0.3, -0.25) is 9.59 Å². The number of nitrogens with two attached hydrogens (primary N) is 1. The summed E-state index contributed by atoms with van der Waals surface area (Å²) in [6.07, 6.45) is 5.85. The van der Waals surface area contributed by atoms with E-state index in [0.29, 0.717) is 18.5 Å². The van der Waals surface area contributed by atoms with Gasteiger partial charge < -0.3 is 20.1 Å². The molecule has 0 unspecified atom stereocenters. The van der Waals surface area contributed by atoms with E-state index in [2.05, 4.69) is 9.88 Å². The average Bonchev–Trinajstić information content (AvgIpc) is 3.42. The van der Waals surface area contributed by atoms with Gasteiger partial charge in [0.05, 0.1) is 12.4 Å². The molecule has 3 aromatic rings. The van der Waals surface area contributed by atoms with Gasteiger partial charge in [-0.05, 0) is 43.8 Å². The lowest BCUT2D eigenvalue weighted by atomic mass is 9.98. The Hall–Kier alpha value is -3.45. The maximum atomic E-state index is 13.7. The number of carbonyl (C=O) groups is 2. The lowest BCUT2D eigenvalue weighted by Gasteiger charge is -2.33. The molecule has 0 radical (unpaired) electrons. The molecule has 1 saturated heterocycles. The number of aromatic nitrogens is 2. The number of nitrogens with zero attached hydrogens (tertiary/aromatic N) is 4. The van der Waals surface area contributed by atoms with Crippen LogP contribution in [0.2, 0.25) is 0 Å². The highest BCUT2D eigenvalue weighted by molar-refractivity contribution is 5.98. The zero-order valence-electron chi connectivity index (χ0n) is 17.8. The fourth-order valence-electron chi connectivity index (χ4n) is 4.44. The van der Waals surface area contributed by atoms with Crippen LogP contribution in [0.1, 0.15) is 33.9 Å². The van der Waals surface area contributed by atoms with Gasteiger partial charge in [0.15, 0.2) is 0 Å². The normalized spacial score (nSPS) is 20.9. The van der Waals surface area contributed by atoms with E-state index in [-0.39, 0.29) is 18.0 Å². The molecule has 160 valence electrons. The Balaban J connectivity index is 1.72. The van der Waals surface area contributed by atoms with Crippen molar-refractivity contribution in [3.8, 4) is 0 Å². The topological polar surface area (TPSA) is 84.5 Å². The molecular weight excluding hydrogens is 390 g/mol. The van der Waals surface area contributed by atoms with Crippen LogP contribution < -0.4 is 5.73 Å². The summed E-state index contributed by atoms with van der Waals surface area (Å²) in [5.74, 6) is -0.664. The molecule has 2 N–H and O–H groups in total. The molecular formula is C24H27N5O2. The van der Waals surface area contributed by atoms with Crippen molar-refractivity contribution in [1.29, 1.82) is 0 Å². The molecule has 0 aliphatic carbocycles. The third kappa shape index (κ3) is 4.22. The van der Waals surface area contributed by atoms with Crippen LogP contribution in [0.4, 0.5) is 0 Å². The van der Waals surface area contributed by atoms with Crippen molar-refractivity contribution in [3.05, 3.63) is 90.0 Å². The highest BCUT2D eigenvalue weighted by Crippen LogP contribution is 2.39. The molecule has 2 amide bonds. The lowest BCUT2D eigenvalue weighted by molar-refractivity contribution is -0.122. The third-order valence-electron chi connectivity index (χ3n) is 5.93. The predicted molar refractivity (Wildman–Crippen MR) is 118 cm³/mol. The van der Waals surface area contributed by atoms with Crippen molar-refractivity contribution in [2.75, 3.05) is 14.1 Å². The van der Waals surface area contributed by atoms with Gasteiger partial charge in [0, 0.05) is 30.5 Å². The highest BCUT2D eigenvalue weighted by atomic mass is 16.2. The van der Waals surface area contributed by atoms with E-state index in [0.717, 1.165) is 11.1 Å². The first-order valence-electron chi connectivity index (χ1n) is 10.3. The number of hydrogen-bond donors (Lipinski definition) is 1. The molecule has 31 heavy (non-hydrogen) atoms. The largest absolute Gasteiger partial charge is 0.368 e. The summed E-state index contributed by atoms with van der Waals surface area (Å²) in [7, 11) is 3.94. The minimum absolute atomic E-state index is 0.0158. The van der Waals surface area contributed by atoms with Crippen LogP contribution in [0.15, 0.2) is 73.3 Å². The SMILES string of the molecule is CN(C)[C@@H]1C[C@@H](C(N)=O)N(C(=O)c2cccc(Cn3ccnc3)c2)[C@H]1c1ccccc1. The Bertz CT molecular complexity index is 1050. The van der Waals surface area contributed by atoms with E-state index in [9.17, 15) is 9.59 Å². The number of likely N-dealkylation sites (N-methyl/N-ethyl adjacent to an activating group) is 1. The Kier molecular flexibility index (Phi) is 5.86. The summed E-state index contributed by atoms with van der Waals surface area (Å²) in [4.78, 5) is 33.9. The van der Waals surface area contributed by atoms with Crippen molar-refractivity contribution >= 4 is 11.8 Å². The van der Waals surface area contributed by atoms with E-state index >= 15 is 0 Å². The molecule has 0 saturated carbocycles. The van der Waals surface area contributed by atoms with Crippen molar-refractivity contribution in [2.45, 2.75) is 31.1 Å². The van der Waals surface area contributed by atoms with E-state index in [1.807, 2.05) is 73.4 Å². The third-order valence-corrected chi connectivity index (χ3v) is 5.93. The minimum Gasteiger partial charge on any atom is -0.368 e. The number of amides is 2. The lowest BCUT2D eigenvalue weighted by Crippen LogP contribution is -2.45. The first kappa shape index (κ1) is 20.8. The van der Waals surface area contributed by atoms with E-state index in [1.165, 1.54) is 0 Å². The van der Waals surface area contributed by atoms with Crippen LogP contribution in [0.3, 0.4) is 0 Å². The summed E-state index contributed by atoms with van der Waals surface area (Å²) in [6, 6.07) is 16.4. The first-order valence-corrected chi connectivity index (χ1v) is 10.3. The molecule has 1 aliphatic rings. The van der Waals surface area contributed by atoms with Crippen LogP contribution in [0.25, 0.3) is 0 Å². The van der Waals surface area contributed by atoms with Crippen molar-refractivity contribution in [3.63, 3.8) is 0 Å². The van der Waals surface area contributed by atoms with Crippen molar-refractivity contribution in [1.82, 2.24) is 19.4 Å². The predicted octanol–water partition coefficient (Wildman–Crippen LogP) is 2.30. The molecule has 7 heteroatoms. The summed E-state index contributed by atoms with van der Waals surface area (Å²) >= 11 is 0. The fourth-order valence-corrected chi connectivity index (χ4v) is 4.44. The second kappa shape index (κ2) is 8.73. The van der Waals surface area contributed by atoms with Gasteiger partial charge >= 0.3 is 0 Å². The standard InChI is InChI=1S/C24H27N5O2/c1-27(2)20-14-21(23(25)30)29(22(20)18-8-4-3-5-9-18)24(31)19-10-6-7-17(13-19)15-28-12-11-26-16-28/h3-13,16,20-22H,14-15H2,1-2H3,(H2,25,30)/t20-,21+,22+/m1/s1. The van der Waals surface area contributed by atoms with Gasteiger partial charge in [0.2, 0.25) is 5.91 Å². The maximum Gasteiger partial charge on any atom is 0.255 e. The number of primary amides is 1. The van der Waals surface area contributed by atoms with Crippen LogP contribution in [-0.2, 0) is 11.3 Å². The van der Waals surface area contributed by atoms with E-state index < -0.39 is 11.9 Å². The molecule has 2 aromatic carbocycles. The van der Waals surface area contributed by atoms with Crippen LogP contribution in [0, 0.1) is 0 Å². The molecule has 1 fully saturated rings. The van der Waals surface area contributed by atoms with Crippen LogP contribution in [-0.4, -0.2) is 57.3 Å². The Morgan fingerprint density at radius 1 is 1.13 bits per heavy atom. The molecule has 0 spiro atoms. The summed E-state index contributed by atoms with van der Waals surface area (Å²) in [5.41, 5.74) is 8.29. The molecule has 3 atom stereocenters. The van der Waals surface area contributed by atoms with Gasteiger partial charge in [-0.15, -0.1) is 0 Å². The van der Waals surface area contributed by atoms with Crippen LogP contribution >= 0.6 is 0 Å². The zero-order valence-corrected chi connectivity index (χ0v) is 17.8. The molecule has 4 rings (SSSR count).